The number of piperidine rings is 1. The molecule has 2 atom stereocenters. The topological polar surface area (TPSA) is 66.8 Å². The molecule has 1 unspecified atom stereocenters. The van der Waals surface area contributed by atoms with E-state index in [9.17, 15) is 9.59 Å². The highest BCUT2D eigenvalue weighted by molar-refractivity contribution is 5.78. The number of carboxylic acids is 1. The third kappa shape index (κ3) is 4.34. The summed E-state index contributed by atoms with van der Waals surface area (Å²) in [7, 11) is 1.61. The highest BCUT2D eigenvalue weighted by atomic mass is 16.5. The van der Waals surface area contributed by atoms with Gasteiger partial charge in [0.05, 0.1) is 5.92 Å². The number of aliphatic carboxylic acids is 1. The van der Waals surface area contributed by atoms with Gasteiger partial charge in [-0.05, 0) is 18.8 Å². The Morgan fingerprint density at radius 2 is 2.24 bits per heavy atom. The number of carboxylic acid groups (broad SMARTS) is 1. The first-order valence-electron chi connectivity index (χ1n) is 6.04. The van der Waals surface area contributed by atoms with E-state index in [1.165, 1.54) is 0 Å². The molecule has 0 spiro atoms. The molecular weight excluding hydrogens is 222 g/mol. The van der Waals surface area contributed by atoms with E-state index in [-0.39, 0.29) is 11.8 Å². The molecule has 1 aliphatic rings. The van der Waals surface area contributed by atoms with E-state index in [2.05, 4.69) is 0 Å². The molecule has 1 rings (SSSR count). The van der Waals surface area contributed by atoms with Gasteiger partial charge >= 0.3 is 5.97 Å². The molecule has 0 radical (unpaired) electrons. The quantitative estimate of drug-likeness (QED) is 0.781. The van der Waals surface area contributed by atoms with Crippen LogP contribution in [0.5, 0.6) is 0 Å². The normalized spacial score (nSPS) is 22.2. The van der Waals surface area contributed by atoms with E-state index in [1.807, 2.05) is 6.92 Å². The van der Waals surface area contributed by atoms with E-state index < -0.39 is 11.9 Å². The Kier molecular flexibility index (Phi) is 5.41. The summed E-state index contributed by atoms with van der Waals surface area (Å²) >= 11 is 0. The first kappa shape index (κ1) is 14.0. The van der Waals surface area contributed by atoms with Crippen molar-refractivity contribution in [1.82, 2.24) is 4.90 Å². The van der Waals surface area contributed by atoms with Crippen molar-refractivity contribution in [1.29, 1.82) is 0 Å². The van der Waals surface area contributed by atoms with Crippen LogP contribution in [-0.2, 0) is 14.3 Å². The molecule has 17 heavy (non-hydrogen) atoms. The largest absolute Gasteiger partial charge is 0.481 e. The Hall–Kier alpha value is -1.10. The molecule has 98 valence electrons. The maximum absolute atomic E-state index is 11.9. The van der Waals surface area contributed by atoms with Crippen LogP contribution in [0.2, 0.25) is 0 Å². The predicted octanol–water partition coefficient (Wildman–Crippen LogP) is 0.982. The molecule has 0 saturated carbocycles. The minimum absolute atomic E-state index is 0.0421. The Labute approximate surface area is 102 Å². The van der Waals surface area contributed by atoms with E-state index in [0.29, 0.717) is 32.5 Å². The number of ether oxygens (including phenoxy) is 1. The Bertz CT molecular complexity index is 280. The molecule has 0 aromatic heterocycles. The van der Waals surface area contributed by atoms with Gasteiger partial charge in [-0.25, -0.2) is 0 Å². The molecule has 1 N–H and O–H groups in total. The third-order valence-electron chi connectivity index (χ3n) is 3.10. The molecule has 1 saturated heterocycles. The summed E-state index contributed by atoms with van der Waals surface area (Å²) in [5.41, 5.74) is 0. The molecule has 1 fully saturated rings. The zero-order chi connectivity index (χ0) is 12.8. The van der Waals surface area contributed by atoms with E-state index in [4.69, 9.17) is 9.84 Å². The van der Waals surface area contributed by atoms with Crippen molar-refractivity contribution in [3.8, 4) is 0 Å². The summed E-state index contributed by atoms with van der Waals surface area (Å²) in [6.45, 7) is 3.55. The summed E-state index contributed by atoms with van der Waals surface area (Å²) in [4.78, 5) is 24.5. The van der Waals surface area contributed by atoms with Crippen LogP contribution >= 0.6 is 0 Å². The van der Waals surface area contributed by atoms with Crippen LogP contribution in [0.3, 0.4) is 0 Å². The van der Waals surface area contributed by atoms with Crippen LogP contribution < -0.4 is 0 Å². The van der Waals surface area contributed by atoms with Gasteiger partial charge < -0.3 is 14.7 Å². The average Bonchev–Trinajstić information content (AvgIpc) is 2.29. The van der Waals surface area contributed by atoms with E-state index >= 15 is 0 Å². The van der Waals surface area contributed by atoms with Crippen molar-refractivity contribution in [3.63, 3.8) is 0 Å². The molecule has 1 aliphatic heterocycles. The van der Waals surface area contributed by atoms with Crippen LogP contribution in [0.15, 0.2) is 0 Å². The number of likely N-dealkylation sites (tertiary alicyclic amines) is 1. The SMILES string of the molecule is COCC(C)CC(=O)N1CCC[C@H](C(=O)O)C1. The van der Waals surface area contributed by atoms with Gasteiger partial charge in [0.1, 0.15) is 0 Å². The van der Waals surface area contributed by atoms with Crippen molar-refractivity contribution < 1.29 is 19.4 Å². The highest BCUT2D eigenvalue weighted by Gasteiger charge is 2.28. The number of nitrogens with zero attached hydrogens (tertiary/aromatic N) is 1. The molecule has 0 aromatic carbocycles. The zero-order valence-corrected chi connectivity index (χ0v) is 10.5. The Morgan fingerprint density at radius 1 is 1.53 bits per heavy atom. The summed E-state index contributed by atoms with van der Waals surface area (Å²) in [6.07, 6.45) is 1.88. The Morgan fingerprint density at radius 3 is 2.82 bits per heavy atom. The molecule has 1 heterocycles. The van der Waals surface area contributed by atoms with E-state index in [0.717, 1.165) is 6.42 Å². The molecule has 5 nitrogen and oxygen atoms in total. The zero-order valence-electron chi connectivity index (χ0n) is 10.5. The van der Waals surface area contributed by atoms with Gasteiger partial charge in [0, 0.05) is 33.2 Å². The fourth-order valence-corrected chi connectivity index (χ4v) is 2.18. The summed E-state index contributed by atoms with van der Waals surface area (Å²) in [5.74, 6) is -0.976. The second-order valence-electron chi connectivity index (χ2n) is 4.78. The lowest BCUT2D eigenvalue weighted by Crippen LogP contribution is -2.42. The van der Waals surface area contributed by atoms with Crippen LogP contribution in [0.4, 0.5) is 0 Å². The second kappa shape index (κ2) is 6.59. The van der Waals surface area contributed by atoms with Gasteiger partial charge in [-0.2, -0.15) is 0 Å². The van der Waals surface area contributed by atoms with Crippen molar-refractivity contribution >= 4 is 11.9 Å². The molecule has 0 bridgehead atoms. The number of methoxy groups -OCH3 is 1. The standard InChI is InChI=1S/C12H21NO4/c1-9(8-17-2)6-11(14)13-5-3-4-10(7-13)12(15)16/h9-10H,3-8H2,1-2H3,(H,15,16)/t9?,10-/m0/s1. The molecule has 0 aliphatic carbocycles. The molecular formula is C12H21NO4. The van der Waals surface area contributed by atoms with Crippen LogP contribution in [0.25, 0.3) is 0 Å². The third-order valence-corrected chi connectivity index (χ3v) is 3.10. The summed E-state index contributed by atoms with van der Waals surface area (Å²) in [5, 5.41) is 8.95. The Balaban J connectivity index is 2.43. The predicted molar refractivity (Wildman–Crippen MR) is 62.6 cm³/mol. The minimum atomic E-state index is -0.799. The number of rotatable bonds is 5. The smallest absolute Gasteiger partial charge is 0.308 e. The minimum Gasteiger partial charge on any atom is -0.481 e. The average molecular weight is 243 g/mol. The van der Waals surface area contributed by atoms with E-state index in [1.54, 1.807) is 12.0 Å². The maximum Gasteiger partial charge on any atom is 0.308 e. The van der Waals surface area contributed by atoms with Crippen molar-refractivity contribution in [2.24, 2.45) is 11.8 Å². The van der Waals surface area contributed by atoms with Crippen molar-refractivity contribution in [2.75, 3.05) is 26.8 Å². The first-order valence-corrected chi connectivity index (χ1v) is 6.04. The summed E-state index contributed by atoms with van der Waals surface area (Å²) < 4.78 is 4.99. The number of carbonyl (C=O) groups excluding carboxylic acids is 1. The fraction of sp³-hybridized carbons (Fsp3) is 0.833. The van der Waals surface area contributed by atoms with Gasteiger partial charge in [-0.1, -0.05) is 6.92 Å². The number of hydrogen-bond acceptors (Lipinski definition) is 3. The van der Waals surface area contributed by atoms with Gasteiger partial charge in [0.25, 0.3) is 0 Å². The van der Waals surface area contributed by atoms with Gasteiger partial charge in [0.15, 0.2) is 0 Å². The number of amides is 1. The van der Waals surface area contributed by atoms with Crippen LogP contribution in [-0.4, -0.2) is 48.7 Å². The van der Waals surface area contributed by atoms with Crippen molar-refractivity contribution in [3.05, 3.63) is 0 Å². The maximum atomic E-state index is 11.9. The highest BCUT2D eigenvalue weighted by Crippen LogP contribution is 2.18. The lowest BCUT2D eigenvalue weighted by atomic mass is 9.97. The fourth-order valence-electron chi connectivity index (χ4n) is 2.18. The molecule has 0 aromatic rings. The second-order valence-corrected chi connectivity index (χ2v) is 4.78. The van der Waals surface area contributed by atoms with Crippen LogP contribution in [0, 0.1) is 11.8 Å². The molecule has 1 amide bonds. The lowest BCUT2D eigenvalue weighted by Gasteiger charge is -2.31. The van der Waals surface area contributed by atoms with Gasteiger partial charge in [0.2, 0.25) is 5.91 Å². The lowest BCUT2D eigenvalue weighted by molar-refractivity contribution is -0.146. The first-order chi connectivity index (χ1) is 8.04. The van der Waals surface area contributed by atoms with Crippen LogP contribution in [0.1, 0.15) is 26.2 Å². The van der Waals surface area contributed by atoms with Gasteiger partial charge in [-0.3, -0.25) is 9.59 Å². The van der Waals surface area contributed by atoms with Crippen molar-refractivity contribution in [2.45, 2.75) is 26.2 Å². The number of carbonyl (C=O) groups is 2. The monoisotopic (exact) mass is 243 g/mol. The van der Waals surface area contributed by atoms with Gasteiger partial charge in [-0.15, -0.1) is 0 Å². The summed E-state index contributed by atoms with van der Waals surface area (Å²) in [6, 6.07) is 0. The molecule has 5 heteroatoms. The number of hydrogen-bond donors (Lipinski definition) is 1.